The number of hydrogen-bond acceptors (Lipinski definition) is 3. The Morgan fingerprint density at radius 3 is 1.84 bits per heavy atom. The van der Waals surface area contributed by atoms with Crippen molar-refractivity contribution in [2.75, 3.05) is 0 Å². The summed E-state index contributed by atoms with van der Waals surface area (Å²) in [6.45, 7) is 0. The first-order valence-corrected chi connectivity index (χ1v) is 14.5. The summed E-state index contributed by atoms with van der Waals surface area (Å²) in [7, 11) is -3.66. The molecule has 1 aromatic heterocycles. The molecule has 4 aromatic carbocycles. The molecule has 5 rings (SSSR count). The van der Waals surface area contributed by atoms with Crippen LogP contribution >= 0.6 is 29.5 Å². The summed E-state index contributed by atoms with van der Waals surface area (Å²) in [6.07, 6.45) is 0. The molecule has 0 spiro atoms. The van der Waals surface area contributed by atoms with E-state index in [-0.39, 0.29) is 5.43 Å². The molecule has 37 heavy (non-hydrogen) atoms. The smallest absolute Gasteiger partial charge is 0.201 e. The molecule has 5 aromatic rings. The predicted octanol–water partition coefficient (Wildman–Crippen LogP) is 10.3. The fraction of sp³-hybridized carbons (Fsp3) is 0. The van der Waals surface area contributed by atoms with Crippen molar-refractivity contribution < 1.29 is 29.6 Å². The molecule has 0 atom stereocenters. The zero-order valence-electron chi connectivity index (χ0n) is 18.4. The summed E-state index contributed by atoms with van der Waals surface area (Å²) in [4.78, 5) is 15.3. The van der Waals surface area contributed by atoms with E-state index in [0.717, 1.165) is 43.0 Å². The van der Waals surface area contributed by atoms with Crippen molar-refractivity contribution in [3.8, 4) is 22.3 Å². The van der Waals surface area contributed by atoms with Gasteiger partial charge < -0.3 is 4.42 Å². The molecular formula is C25H16ClF6O2PS2. The third-order valence-corrected chi connectivity index (χ3v) is 6.66. The summed E-state index contributed by atoms with van der Waals surface area (Å²) < 4.78 is 65.4. The van der Waals surface area contributed by atoms with E-state index in [9.17, 15) is 30.0 Å². The zero-order chi connectivity index (χ0) is 27.1. The third kappa shape index (κ3) is 7.02. The van der Waals surface area contributed by atoms with Crippen LogP contribution in [0.3, 0.4) is 0 Å². The van der Waals surface area contributed by atoms with Gasteiger partial charge in [0, 0.05) is 10.5 Å². The van der Waals surface area contributed by atoms with E-state index >= 15 is 0 Å². The van der Waals surface area contributed by atoms with E-state index in [1.807, 2.05) is 72.8 Å². The average Bonchev–Trinajstić information content (AvgIpc) is 2.83. The molecule has 0 radical (unpaired) electrons. The predicted molar refractivity (Wildman–Crippen MR) is 145 cm³/mol. The standard InChI is InChI=1S/C25H15ClO2S2.F6P/c26-30-17-11-12-20-19(13-17)24(27)23-21(28-20)14-18(15-7-3-1-4-8-15)25(29)22(23)16-9-5-2-6-10-16;1-7(2,3,4,5)6/h1-14,29H;/q;-1/p+1. The molecule has 0 aliphatic carbocycles. The Bertz CT molecular complexity index is 1670. The molecule has 12 heteroatoms. The molecule has 1 heterocycles. The molecule has 0 fully saturated rings. The van der Waals surface area contributed by atoms with Crippen LogP contribution in [0.15, 0.2) is 104 Å². The second kappa shape index (κ2) is 9.27. The number of fused-ring (bicyclic) bond motifs is 2. The van der Waals surface area contributed by atoms with Crippen molar-refractivity contribution in [3.05, 3.63) is 95.2 Å². The molecule has 0 aliphatic heterocycles. The van der Waals surface area contributed by atoms with E-state index in [0.29, 0.717) is 21.9 Å². The molecule has 0 bridgehead atoms. The van der Waals surface area contributed by atoms with Gasteiger partial charge in [0.25, 0.3) is 0 Å². The van der Waals surface area contributed by atoms with Crippen LogP contribution < -0.4 is 5.43 Å². The Kier molecular flexibility index (Phi) is 6.86. The van der Waals surface area contributed by atoms with E-state index in [1.165, 1.54) is 0 Å². The van der Waals surface area contributed by atoms with Gasteiger partial charge in [-0.15, -0.1) is 0 Å². The first kappa shape index (κ1) is 27.4. The van der Waals surface area contributed by atoms with Gasteiger partial charge in [0.2, 0.25) is 5.43 Å². The second-order valence-electron chi connectivity index (χ2n) is 7.90. The number of benzene rings is 4. The molecule has 0 unspecified atom stereocenters. The topological polar surface area (TPSA) is 30.2 Å². The van der Waals surface area contributed by atoms with Crippen LogP contribution in [-0.4, -0.2) is 0 Å². The molecule has 0 saturated heterocycles. The Morgan fingerprint density at radius 1 is 0.757 bits per heavy atom. The Morgan fingerprint density at radius 2 is 1.30 bits per heavy atom. The minimum Gasteiger partial charge on any atom is -0.456 e. The molecule has 0 N–H and O–H groups in total. The van der Waals surface area contributed by atoms with Crippen molar-refractivity contribution in [3.63, 3.8) is 0 Å². The van der Waals surface area contributed by atoms with Crippen LogP contribution in [0.4, 0.5) is 25.2 Å². The molecule has 0 saturated carbocycles. The van der Waals surface area contributed by atoms with Crippen molar-refractivity contribution in [2.45, 2.75) is 9.79 Å². The van der Waals surface area contributed by atoms with Crippen molar-refractivity contribution >= 4 is 64.0 Å². The van der Waals surface area contributed by atoms with Gasteiger partial charge in [-0.3, -0.25) is 4.79 Å². The maximum absolute atomic E-state index is 13.6. The van der Waals surface area contributed by atoms with E-state index in [4.69, 9.17) is 15.1 Å². The minimum absolute atomic E-state index is 0.0724. The second-order valence-corrected chi connectivity index (χ2v) is 11.4. The number of hydrogen-bond donors (Lipinski definition) is 0. The van der Waals surface area contributed by atoms with Gasteiger partial charge in [-0.05, 0) is 69.7 Å². The van der Waals surface area contributed by atoms with Crippen molar-refractivity contribution in [2.24, 2.45) is 0 Å². The minimum atomic E-state index is -10.7. The van der Waals surface area contributed by atoms with Crippen LogP contribution in [0.25, 0.3) is 44.2 Å². The maximum atomic E-state index is 13.6. The molecular weight excluding hydrogens is 577 g/mol. The summed E-state index contributed by atoms with van der Waals surface area (Å²) in [6, 6.07) is 27.3. The Hall–Kier alpha value is -2.65. The summed E-state index contributed by atoms with van der Waals surface area (Å²) in [5, 5.41) is 1.07. The zero-order valence-corrected chi connectivity index (χ0v) is 21.9. The van der Waals surface area contributed by atoms with Gasteiger partial charge in [-0.1, -0.05) is 60.7 Å². The average molecular weight is 593 g/mol. The first-order chi connectivity index (χ1) is 17.1. The normalized spacial score (nSPS) is 13.5. The van der Waals surface area contributed by atoms with Crippen LogP contribution in [0.2, 0.25) is 0 Å². The van der Waals surface area contributed by atoms with Crippen LogP contribution in [0.5, 0.6) is 0 Å². The van der Waals surface area contributed by atoms with Gasteiger partial charge in [0.1, 0.15) is 11.2 Å². The monoisotopic (exact) mass is 592 g/mol. The molecule has 194 valence electrons. The first-order valence-electron chi connectivity index (χ1n) is 10.4. The van der Waals surface area contributed by atoms with Crippen molar-refractivity contribution in [1.82, 2.24) is 0 Å². The van der Waals surface area contributed by atoms with Gasteiger partial charge in [-0.2, -0.15) is 0 Å². The third-order valence-electron chi connectivity index (χ3n) is 5.17. The summed E-state index contributed by atoms with van der Waals surface area (Å²) in [5.74, 6) is 0. The van der Waals surface area contributed by atoms with Gasteiger partial charge in [0.15, 0.2) is 4.90 Å². The van der Waals surface area contributed by atoms with Gasteiger partial charge in [0.05, 0.1) is 16.3 Å². The molecule has 0 amide bonds. The Balaban J connectivity index is 0.000000405. The van der Waals surface area contributed by atoms with Crippen LogP contribution in [0.1, 0.15) is 0 Å². The summed E-state index contributed by atoms with van der Waals surface area (Å²) in [5.41, 5.74) is 4.80. The summed E-state index contributed by atoms with van der Waals surface area (Å²) >= 11 is 3.86. The fourth-order valence-corrected chi connectivity index (χ4v) is 4.84. The largest absolute Gasteiger partial charge is 0.456 e. The molecule has 0 aliphatic rings. The van der Waals surface area contributed by atoms with E-state index in [2.05, 4.69) is 12.6 Å². The SMILES string of the molecule is F[P-](F)(F)(F)(F)F.O=c1c2cc(SCl)ccc2oc2cc(-c3ccccc3)c([SH2+])c(-c3ccccc3)c12. The molecule has 2 nitrogen and oxygen atoms in total. The van der Waals surface area contributed by atoms with Crippen LogP contribution in [0, 0.1) is 0 Å². The van der Waals surface area contributed by atoms with Gasteiger partial charge >= 0.3 is 33.0 Å². The van der Waals surface area contributed by atoms with Crippen LogP contribution in [-0.2, 0) is 12.6 Å². The van der Waals surface area contributed by atoms with E-state index < -0.39 is 7.81 Å². The van der Waals surface area contributed by atoms with E-state index in [1.54, 1.807) is 12.1 Å². The Labute approximate surface area is 220 Å². The van der Waals surface area contributed by atoms with Gasteiger partial charge in [-0.25, -0.2) is 0 Å². The number of halogens is 7. The van der Waals surface area contributed by atoms with Crippen molar-refractivity contribution in [1.29, 1.82) is 0 Å². The quantitative estimate of drug-likeness (QED) is 0.0903. The number of rotatable bonds is 3. The fourth-order valence-electron chi connectivity index (χ4n) is 3.78. The maximum Gasteiger partial charge on any atom is 0.201 e.